The van der Waals surface area contributed by atoms with Crippen molar-refractivity contribution in [2.45, 2.75) is 38.9 Å². The maximum atomic E-state index is 12.9. The quantitative estimate of drug-likeness (QED) is 0.847. The number of carbonyl (C=O) groups excluding carboxylic acids is 1. The number of nitrogens with zero attached hydrogens (tertiary/aromatic N) is 4. The highest BCUT2D eigenvalue weighted by molar-refractivity contribution is 5.94. The van der Waals surface area contributed by atoms with Crippen LogP contribution in [0.5, 0.6) is 5.75 Å². The monoisotopic (exact) mass is 354 g/mol. The molecule has 1 saturated heterocycles. The first-order valence-electron chi connectivity index (χ1n) is 9.35. The van der Waals surface area contributed by atoms with E-state index in [1.807, 2.05) is 34.8 Å². The molecular formula is C20H26N4O2. The number of aromatic nitrogens is 2. The molecule has 2 aromatic rings. The Labute approximate surface area is 154 Å². The van der Waals surface area contributed by atoms with E-state index in [2.05, 4.69) is 4.90 Å². The summed E-state index contributed by atoms with van der Waals surface area (Å²) in [5, 5.41) is 4.74. The highest BCUT2D eigenvalue weighted by Crippen LogP contribution is 2.28. The number of amides is 1. The lowest BCUT2D eigenvalue weighted by molar-refractivity contribution is 0.0747. The van der Waals surface area contributed by atoms with E-state index in [1.54, 1.807) is 13.2 Å². The Balaban J connectivity index is 1.51. The third-order valence-corrected chi connectivity index (χ3v) is 5.47. The Bertz CT molecular complexity index is 808. The van der Waals surface area contributed by atoms with Crippen molar-refractivity contribution in [1.29, 1.82) is 0 Å². The lowest BCUT2D eigenvalue weighted by Gasteiger charge is -2.26. The van der Waals surface area contributed by atoms with E-state index >= 15 is 0 Å². The Morgan fingerprint density at radius 1 is 1.19 bits per heavy atom. The molecule has 138 valence electrons. The number of likely N-dealkylation sites (tertiary alicyclic amines) is 1. The maximum Gasteiger partial charge on any atom is 0.254 e. The number of hydrogen-bond acceptors (Lipinski definition) is 4. The van der Waals surface area contributed by atoms with Crippen molar-refractivity contribution in [2.24, 2.45) is 7.05 Å². The average Bonchev–Trinajstić information content (AvgIpc) is 3.23. The Kier molecular flexibility index (Phi) is 4.68. The fourth-order valence-corrected chi connectivity index (χ4v) is 4.01. The molecule has 4 rings (SSSR count). The smallest absolute Gasteiger partial charge is 0.254 e. The normalized spacial score (nSPS) is 17.4. The van der Waals surface area contributed by atoms with Crippen LogP contribution in [0.4, 0.5) is 0 Å². The predicted molar refractivity (Wildman–Crippen MR) is 98.9 cm³/mol. The van der Waals surface area contributed by atoms with Gasteiger partial charge in [0.1, 0.15) is 5.75 Å². The van der Waals surface area contributed by atoms with E-state index in [4.69, 9.17) is 9.84 Å². The summed E-state index contributed by atoms with van der Waals surface area (Å²) < 4.78 is 7.20. The van der Waals surface area contributed by atoms with Crippen molar-refractivity contribution in [2.75, 3.05) is 20.2 Å². The van der Waals surface area contributed by atoms with Crippen LogP contribution >= 0.6 is 0 Å². The predicted octanol–water partition coefficient (Wildman–Crippen LogP) is 2.57. The summed E-state index contributed by atoms with van der Waals surface area (Å²) in [6.45, 7) is 4.46. The van der Waals surface area contributed by atoms with Crippen molar-refractivity contribution in [3.63, 3.8) is 0 Å². The number of methoxy groups -OCH3 is 1. The van der Waals surface area contributed by atoms with Crippen molar-refractivity contribution in [1.82, 2.24) is 19.6 Å². The Morgan fingerprint density at radius 2 is 2.00 bits per heavy atom. The van der Waals surface area contributed by atoms with Gasteiger partial charge >= 0.3 is 0 Å². The third-order valence-electron chi connectivity index (χ3n) is 5.47. The summed E-state index contributed by atoms with van der Waals surface area (Å²) in [5.74, 6) is 0.754. The zero-order valence-corrected chi connectivity index (χ0v) is 15.6. The number of carbonyl (C=O) groups is 1. The van der Waals surface area contributed by atoms with Gasteiger partial charge in [-0.15, -0.1) is 0 Å². The van der Waals surface area contributed by atoms with Gasteiger partial charge in [-0.3, -0.25) is 14.4 Å². The van der Waals surface area contributed by atoms with Crippen LogP contribution in [0.2, 0.25) is 0 Å². The topological polar surface area (TPSA) is 50.6 Å². The number of hydrogen-bond donors (Lipinski definition) is 0. The van der Waals surface area contributed by atoms with Gasteiger partial charge in [-0.1, -0.05) is 12.5 Å². The largest absolute Gasteiger partial charge is 0.497 e. The lowest BCUT2D eigenvalue weighted by Crippen LogP contribution is -2.30. The first kappa shape index (κ1) is 17.1. The minimum Gasteiger partial charge on any atom is -0.497 e. The first-order valence-corrected chi connectivity index (χ1v) is 9.35. The van der Waals surface area contributed by atoms with Crippen LogP contribution in [0, 0.1) is 0 Å². The van der Waals surface area contributed by atoms with Gasteiger partial charge in [0.25, 0.3) is 5.91 Å². The highest BCUT2D eigenvalue weighted by Gasteiger charge is 2.31. The fraction of sp³-hybridized carbons (Fsp3) is 0.500. The van der Waals surface area contributed by atoms with E-state index in [0.717, 1.165) is 31.0 Å². The molecule has 6 nitrogen and oxygen atoms in total. The van der Waals surface area contributed by atoms with Gasteiger partial charge in [-0.2, -0.15) is 5.10 Å². The molecule has 0 atom stereocenters. The fourth-order valence-electron chi connectivity index (χ4n) is 4.01. The molecule has 1 amide bonds. The molecule has 6 heteroatoms. The maximum absolute atomic E-state index is 12.9. The van der Waals surface area contributed by atoms with Crippen molar-refractivity contribution < 1.29 is 9.53 Å². The molecule has 0 saturated carbocycles. The molecule has 0 N–H and O–H groups in total. The highest BCUT2D eigenvalue weighted by atomic mass is 16.5. The van der Waals surface area contributed by atoms with Crippen LogP contribution in [-0.2, 0) is 26.7 Å². The summed E-state index contributed by atoms with van der Waals surface area (Å²) in [6, 6.07) is 7.37. The molecule has 1 aromatic carbocycles. The number of aryl methyl sites for hydroxylation is 1. The van der Waals surface area contributed by atoms with Crippen LogP contribution < -0.4 is 4.74 Å². The van der Waals surface area contributed by atoms with Gasteiger partial charge in [0.05, 0.1) is 31.6 Å². The summed E-state index contributed by atoms with van der Waals surface area (Å²) in [4.78, 5) is 17.3. The molecule has 0 radical (unpaired) electrons. The molecule has 0 spiro atoms. The Hall–Kier alpha value is -2.34. The van der Waals surface area contributed by atoms with Crippen molar-refractivity contribution >= 4 is 5.91 Å². The minimum absolute atomic E-state index is 0.0454. The van der Waals surface area contributed by atoms with E-state index in [0.29, 0.717) is 24.4 Å². The van der Waals surface area contributed by atoms with Gasteiger partial charge in [0.2, 0.25) is 0 Å². The van der Waals surface area contributed by atoms with Gasteiger partial charge < -0.3 is 9.64 Å². The van der Waals surface area contributed by atoms with E-state index < -0.39 is 0 Å². The van der Waals surface area contributed by atoms with Crippen LogP contribution in [0.25, 0.3) is 0 Å². The van der Waals surface area contributed by atoms with Gasteiger partial charge in [-0.05, 0) is 44.1 Å². The molecule has 2 aliphatic heterocycles. The van der Waals surface area contributed by atoms with Crippen molar-refractivity contribution in [3.05, 3.63) is 46.8 Å². The molecule has 2 aliphatic rings. The molecule has 1 aromatic heterocycles. The SMILES string of the molecule is COc1cccc(C(=O)N2Cc3c(CN4CCCCC4)nn(C)c3C2)c1. The second-order valence-corrected chi connectivity index (χ2v) is 7.23. The second-order valence-electron chi connectivity index (χ2n) is 7.23. The average molecular weight is 354 g/mol. The molecule has 0 aliphatic carbocycles. The zero-order chi connectivity index (χ0) is 18.1. The van der Waals surface area contributed by atoms with E-state index in [1.165, 1.54) is 24.8 Å². The molecule has 1 fully saturated rings. The molecular weight excluding hydrogens is 328 g/mol. The number of piperidine rings is 1. The molecule has 0 unspecified atom stereocenters. The summed E-state index contributed by atoms with van der Waals surface area (Å²) >= 11 is 0. The lowest BCUT2D eigenvalue weighted by atomic mass is 10.1. The molecule has 26 heavy (non-hydrogen) atoms. The number of rotatable bonds is 4. The van der Waals surface area contributed by atoms with Gasteiger partial charge in [0, 0.05) is 24.7 Å². The third kappa shape index (κ3) is 3.21. The van der Waals surface area contributed by atoms with E-state index in [-0.39, 0.29) is 5.91 Å². The standard InChI is InChI=1S/C20H26N4O2/c1-22-19-14-24(20(25)15-7-6-8-16(11-15)26-2)12-17(19)18(21-22)13-23-9-4-3-5-10-23/h6-8,11H,3-5,9-10,12-14H2,1-2H3. The summed E-state index contributed by atoms with van der Waals surface area (Å²) in [6.07, 6.45) is 3.88. The summed E-state index contributed by atoms with van der Waals surface area (Å²) in [5.41, 5.74) is 4.19. The van der Waals surface area contributed by atoms with Gasteiger partial charge in [0.15, 0.2) is 0 Å². The minimum atomic E-state index is 0.0454. The number of benzene rings is 1. The molecule has 0 bridgehead atoms. The second kappa shape index (κ2) is 7.11. The zero-order valence-electron chi connectivity index (χ0n) is 15.6. The number of ether oxygens (including phenoxy) is 1. The summed E-state index contributed by atoms with van der Waals surface area (Å²) in [7, 11) is 3.60. The van der Waals surface area contributed by atoms with E-state index in [9.17, 15) is 4.79 Å². The van der Waals surface area contributed by atoms with Crippen LogP contribution in [0.15, 0.2) is 24.3 Å². The first-order chi connectivity index (χ1) is 12.7. The van der Waals surface area contributed by atoms with Crippen LogP contribution in [0.3, 0.4) is 0 Å². The Morgan fingerprint density at radius 3 is 2.77 bits per heavy atom. The number of fused-ring (bicyclic) bond motifs is 1. The van der Waals surface area contributed by atoms with Gasteiger partial charge in [-0.25, -0.2) is 0 Å². The molecule has 3 heterocycles. The van der Waals surface area contributed by atoms with Crippen molar-refractivity contribution in [3.8, 4) is 5.75 Å². The van der Waals surface area contributed by atoms with Crippen LogP contribution in [-0.4, -0.2) is 45.7 Å². The van der Waals surface area contributed by atoms with Crippen LogP contribution in [0.1, 0.15) is 46.6 Å².